The van der Waals surface area contributed by atoms with Crippen LogP contribution in [0.3, 0.4) is 0 Å². The lowest BCUT2D eigenvalue weighted by Crippen LogP contribution is -2.56. The Morgan fingerprint density at radius 2 is 2.00 bits per heavy atom. The van der Waals surface area contributed by atoms with E-state index < -0.39 is 0 Å². The number of rotatable bonds is 5. The molecular formula is C21H24ClFN2O. The van der Waals surface area contributed by atoms with Crippen molar-refractivity contribution in [2.24, 2.45) is 0 Å². The third kappa shape index (κ3) is 4.83. The molecule has 1 fully saturated rings. The molecule has 2 aromatic rings. The van der Waals surface area contributed by atoms with Crippen molar-refractivity contribution in [3.63, 3.8) is 0 Å². The van der Waals surface area contributed by atoms with Crippen molar-refractivity contribution in [1.82, 2.24) is 10.2 Å². The number of nitrogens with zero attached hydrogens (tertiary/aromatic N) is 1. The molecule has 0 radical (unpaired) electrons. The summed E-state index contributed by atoms with van der Waals surface area (Å²) in [6.07, 6.45) is 2.71. The Labute approximate surface area is 159 Å². The van der Waals surface area contributed by atoms with Gasteiger partial charge in [-0.1, -0.05) is 35.9 Å². The lowest BCUT2D eigenvalue weighted by atomic mass is 9.90. The molecule has 0 aliphatic carbocycles. The number of likely N-dealkylation sites (tertiary alicyclic amines) is 1. The summed E-state index contributed by atoms with van der Waals surface area (Å²) in [5.74, 6) is -0.136. The van der Waals surface area contributed by atoms with Gasteiger partial charge in [0.25, 0.3) is 0 Å². The van der Waals surface area contributed by atoms with Crippen LogP contribution >= 0.6 is 11.6 Å². The molecule has 1 aliphatic rings. The van der Waals surface area contributed by atoms with Crippen LogP contribution < -0.4 is 5.32 Å². The van der Waals surface area contributed by atoms with Crippen molar-refractivity contribution < 1.29 is 9.18 Å². The van der Waals surface area contributed by atoms with E-state index in [1.165, 1.54) is 6.07 Å². The quantitative estimate of drug-likeness (QED) is 0.851. The van der Waals surface area contributed by atoms with Gasteiger partial charge in [-0.25, -0.2) is 4.39 Å². The van der Waals surface area contributed by atoms with Gasteiger partial charge < -0.3 is 10.2 Å². The number of hydrogen-bond acceptors (Lipinski definition) is 2. The van der Waals surface area contributed by atoms with Gasteiger partial charge in [0.2, 0.25) is 5.91 Å². The Morgan fingerprint density at radius 3 is 2.73 bits per heavy atom. The van der Waals surface area contributed by atoms with Crippen LogP contribution in [0.2, 0.25) is 5.02 Å². The van der Waals surface area contributed by atoms with E-state index in [-0.39, 0.29) is 23.8 Å². The Balaban J connectivity index is 1.75. The lowest BCUT2D eigenvalue weighted by Gasteiger charge is -2.41. The number of carbonyl (C=O) groups excluding carboxylic acids is 1. The first kappa shape index (κ1) is 18.9. The van der Waals surface area contributed by atoms with Crippen molar-refractivity contribution >= 4 is 17.5 Å². The van der Waals surface area contributed by atoms with E-state index in [1.807, 2.05) is 35.2 Å². The Kier molecular flexibility index (Phi) is 6.28. The van der Waals surface area contributed by atoms with E-state index in [2.05, 4.69) is 5.32 Å². The molecule has 138 valence electrons. The molecule has 1 heterocycles. The van der Waals surface area contributed by atoms with E-state index in [4.69, 9.17) is 11.6 Å². The summed E-state index contributed by atoms with van der Waals surface area (Å²) in [7, 11) is 0. The van der Waals surface area contributed by atoms with Gasteiger partial charge >= 0.3 is 0 Å². The van der Waals surface area contributed by atoms with Crippen LogP contribution in [-0.2, 0) is 17.8 Å². The fourth-order valence-corrected chi connectivity index (χ4v) is 3.95. The fourth-order valence-electron chi connectivity index (χ4n) is 3.74. The number of nitrogens with one attached hydrogen (secondary N) is 1. The smallest absolute Gasteiger partial charge is 0.219 e. The topological polar surface area (TPSA) is 32.3 Å². The molecule has 0 bridgehead atoms. The predicted molar refractivity (Wildman–Crippen MR) is 103 cm³/mol. The van der Waals surface area contributed by atoms with Crippen molar-refractivity contribution in [2.75, 3.05) is 6.54 Å². The lowest BCUT2D eigenvalue weighted by molar-refractivity contribution is -0.133. The molecule has 0 saturated carbocycles. The van der Waals surface area contributed by atoms with Gasteiger partial charge in [-0.15, -0.1) is 0 Å². The first-order chi connectivity index (χ1) is 12.5. The molecule has 0 unspecified atom stereocenters. The number of benzene rings is 2. The van der Waals surface area contributed by atoms with E-state index in [0.717, 1.165) is 36.9 Å². The SMILES string of the molecule is CC(=O)N1CCC[C@H](NCc2cccc(F)c2)[C@@H]1Cc1cccc(Cl)c1. The highest BCUT2D eigenvalue weighted by Gasteiger charge is 2.32. The molecule has 0 spiro atoms. The standard InChI is InChI=1S/C21H24ClFN2O/c1-15(26)25-10-4-9-20(24-14-17-6-3-8-19(23)12-17)21(25)13-16-5-2-7-18(22)11-16/h2-3,5-8,11-12,20-21,24H,4,9-10,13-14H2,1H3/t20-,21-/m0/s1. The fraction of sp³-hybridized carbons (Fsp3) is 0.381. The second-order valence-corrected chi connectivity index (χ2v) is 7.31. The molecule has 1 aliphatic heterocycles. The zero-order chi connectivity index (χ0) is 18.5. The predicted octanol–water partition coefficient (Wildman–Crippen LogP) is 4.19. The maximum absolute atomic E-state index is 13.4. The third-order valence-electron chi connectivity index (χ3n) is 4.97. The Hall–Kier alpha value is -1.91. The second kappa shape index (κ2) is 8.65. The largest absolute Gasteiger partial charge is 0.338 e. The van der Waals surface area contributed by atoms with Crippen LogP contribution in [-0.4, -0.2) is 29.4 Å². The summed E-state index contributed by atoms with van der Waals surface area (Å²) in [6, 6.07) is 14.6. The zero-order valence-corrected chi connectivity index (χ0v) is 15.7. The van der Waals surface area contributed by atoms with Gasteiger partial charge in [0.15, 0.2) is 0 Å². The summed E-state index contributed by atoms with van der Waals surface area (Å²) in [6.45, 7) is 2.98. The van der Waals surface area contributed by atoms with Gasteiger partial charge in [-0.05, 0) is 54.7 Å². The molecule has 2 atom stereocenters. The van der Waals surface area contributed by atoms with Crippen molar-refractivity contribution in [1.29, 1.82) is 0 Å². The van der Waals surface area contributed by atoms with Crippen LogP contribution in [0.5, 0.6) is 0 Å². The van der Waals surface area contributed by atoms with Crippen molar-refractivity contribution in [3.05, 3.63) is 70.5 Å². The van der Waals surface area contributed by atoms with E-state index in [9.17, 15) is 9.18 Å². The van der Waals surface area contributed by atoms with Gasteiger partial charge in [0.05, 0.1) is 6.04 Å². The minimum Gasteiger partial charge on any atom is -0.338 e. The molecule has 1 saturated heterocycles. The summed E-state index contributed by atoms with van der Waals surface area (Å²) in [5, 5.41) is 4.25. The molecule has 26 heavy (non-hydrogen) atoms. The summed E-state index contributed by atoms with van der Waals surface area (Å²) in [4.78, 5) is 14.1. The molecule has 5 heteroatoms. The normalized spacial score (nSPS) is 20.2. The number of carbonyl (C=O) groups is 1. The molecule has 3 nitrogen and oxygen atoms in total. The summed E-state index contributed by atoms with van der Waals surface area (Å²) in [5.41, 5.74) is 2.03. The average molecular weight is 375 g/mol. The summed E-state index contributed by atoms with van der Waals surface area (Å²) >= 11 is 6.12. The highest BCUT2D eigenvalue weighted by atomic mass is 35.5. The number of halogens is 2. The minimum absolute atomic E-state index is 0.0632. The minimum atomic E-state index is -0.228. The maximum atomic E-state index is 13.4. The van der Waals surface area contributed by atoms with Crippen molar-refractivity contribution in [3.8, 4) is 0 Å². The van der Waals surface area contributed by atoms with E-state index >= 15 is 0 Å². The molecule has 1 amide bonds. The number of piperidine rings is 1. The summed E-state index contributed by atoms with van der Waals surface area (Å²) < 4.78 is 13.4. The first-order valence-electron chi connectivity index (χ1n) is 9.02. The third-order valence-corrected chi connectivity index (χ3v) is 5.21. The molecule has 2 aromatic carbocycles. The highest BCUT2D eigenvalue weighted by Crippen LogP contribution is 2.23. The van der Waals surface area contributed by atoms with Gasteiger partial charge in [0.1, 0.15) is 5.82 Å². The van der Waals surface area contributed by atoms with Crippen LogP contribution in [0.4, 0.5) is 4.39 Å². The highest BCUT2D eigenvalue weighted by molar-refractivity contribution is 6.30. The Bertz CT molecular complexity index is 767. The molecule has 0 aromatic heterocycles. The first-order valence-corrected chi connectivity index (χ1v) is 9.40. The Morgan fingerprint density at radius 1 is 1.23 bits per heavy atom. The molecule has 1 N–H and O–H groups in total. The monoisotopic (exact) mass is 374 g/mol. The zero-order valence-electron chi connectivity index (χ0n) is 14.9. The number of amides is 1. The number of hydrogen-bond donors (Lipinski definition) is 1. The van der Waals surface area contributed by atoms with Gasteiger partial charge in [-0.2, -0.15) is 0 Å². The maximum Gasteiger partial charge on any atom is 0.219 e. The van der Waals surface area contributed by atoms with Crippen LogP contribution in [0.1, 0.15) is 30.9 Å². The van der Waals surface area contributed by atoms with Gasteiger partial charge in [-0.3, -0.25) is 4.79 Å². The van der Waals surface area contributed by atoms with Crippen molar-refractivity contribution in [2.45, 2.75) is 44.8 Å². The van der Waals surface area contributed by atoms with Crippen LogP contribution in [0, 0.1) is 5.82 Å². The van der Waals surface area contributed by atoms with E-state index in [1.54, 1.807) is 19.1 Å². The van der Waals surface area contributed by atoms with Crippen LogP contribution in [0.15, 0.2) is 48.5 Å². The molecular weight excluding hydrogens is 351 g/mol. The molecule has 3 rings (SSSR count). The second-order valence-electron chi connectivity index (χ2n) is 6.87. The van der Waals surface area contributed by atoms with Gasteiger partial charge in [0, 0.05) is 31.1 Å². The van der Waals surface area contributed by atoms with Crippen LogP contribution in [0.25, 0.3) is 0 Å². The van der Waals surface area contributed by atoms with E-state index in [0.29, 0.717) is 11.6 Å². The average Bonchev–Trinajstić information content (AvgIpc) is 2.60.